The minimum Gasteiger partial charge on any atom is -0.350 e. The summed E-state index contributed by atoms with van der Waals surface area (Å²) < 4.78 is 0. The summed E-state index contributed by atoms with van der Waals surface area (Å²) in [6.45, 7) is 3.13. The zero-order chi connectivity index (χ0) is 15.5. The number of piperidine rings is 1. The number of hydrogen-bond acceptors (Lipinski definition) is 5. The fourth-order valence-corrected chi connectivity index (χ4v) is 2.66. The number of carbonyl (C=O) groups excluding carboxylic acids is 1. The number of hydrogen-bond donors (Lipinski definition) is 3. The molecule has 1 atom stereocenters. The minimum atomic E-state index is -0.210. The molecule has 0 radical (unpaired) electrons. The Balaban J connectivity index is 1.67. The quantitative estimate of drug-likeness (QED) is 0.751. The van der Waals surface area contributed by atoms with Crippen molar-refractivity contribution in [2.75, 3.05) is 18.0 Å². The molecule has 0 aromatic carbocycles. The van der Waals surface area contributed by atoms with Crippen molar-refractivity contribution >= 4 is 11.7 Å². The fraction of sp³-hybridized carbons (Fsp3) is 0.429. The number of imidazole rings is 1. The molecule has 8 nitrogen and oxygen atoms in total. The van der Waals surface area contributed by atoms with Crippen LogP contribution in [-0.4, -0.2) is 45.0 Å². The van der Waals surface area contributed by atoms with Crippen LogP contribution in [-0.2, 0) is 0 Å². The van der Waals surface area contributed by atoms with Gasteiger partial charge in [-0.05, 0) is 19.8 Å². The molecule has 1 aliphatic heterocycles. The smallest absolute Gasteiger partial charge is 0.290 e. The zero-order valence-electron chi connectivity index (χ0n) is 12.3. The number of carbonyl (C=O) groups is 1. The SMILES string of the molecule is Cc1ncc(C(=O)NC2CCCN(c3ncc[nH]c3=O)C2)[nH]1. The highest BCUT2D eigenvalue weighted by atomic mass is 16.2. The number of aryl methyl sites for hydroxylation is 1. The summed E-state index contributed by atoms with van der Waals surface area (Å²) in [6, 6.07) is -0.0220. The molecular formula is C14H18N6O2. The summed E-state index contributed by atoms with van der Waals surface area (Å²) in [4.78, 5) is 39.6. The average Bonchev–Trinajstić information content (AvgIpc) is 2.95. The molecule has 116 valence electrons. The molecule has 1 amide bonds. The van der Waals surface area contributed by atoms with E-state index in [1.54, 1.807) is 13.1 Å². The molecule has 8 heteroatoms. The van der Waals surface area contributed by atoms with Crippen LogP contribution in [0.4, 0.5) is 5.82 Å². The lowest BCUT2D eigenvalue weighted by molar-refractivity contribution is 0.0928. The Kier molecular flexibility index (Phi) is 3.90. The number of rotatable bonds is 3. The maximum absolute atomic E-state index is 12.2. The molecule has 1 unspecified atom stereocenters. The summed E-state index contributed by atoms with van der Waals surface area (Å²) in [5, 5.41) is 2.98. The number of aromatic nitrogens is 4. The van der Waals surface area contributed by atoms with E-state index in [2.05, 4.69) is 25.3 Å². The van der Waals surface area contributed by atoms with Gasteiger partial charge in [0.1, 0.15) is 11.5 Å². The van der Waals surface area contributed by atoms with Crippen molar-refractivity contribution in [1.82, 2.24) is 25.3 Å². The summed E-state index contributed by atoms with van der Waals surface area (Å²) in [7, 11) is 0. The fourth-order valence-electron chi connectivity index (χ4n) is 2.66. The molecule has 1 fully saturated rings. The second-order valence-electron chi connectivity index (χ2n) is 5.38. The first-order valence-corrected chi connectivity index (χ1v) is 7.24. The molecular weight excluding hydrogens is 284 g/mol. The highest BCUT2D eigenvalue weighted by Gasteiger charge is 2.24. The van der Waals surface area contributed by atoms with Crippen LogP contribution in [0.3, 0.4) is 0 Å². The van der Waals surface area contributed by atoms with Crippen LogP contribution >= 0.6 is 0 Å². The average molecular weight is 302 g/mol. The van der Waals surface area contributed by atoms with Crippen LogP contribution in [0.1, 0.15) is 29.2 Å². The van der Waals surface area contributed by atoms with Gasteiger partial charge >= 0.3 is 0 Å². The Morgan fingerprint density at radius 2 is 2.32 bits per heavy atom. The lowest BCUT2D eigenvalue weighted by atomic mass is 10.1. The minimum absolute atomic E-state index is 0.0220. The second kappa shape index (κ2) is 6.00. The maximum atomic E-state index is 12.2. The molecule has 0 bridgehead atoms. The Hall–Kier alpha value is -2.64. The van der Waals surface area contributed by atoms with E-state index in [9.17, 15) is 9.59 Å². The third kappa shape index (κ3) is 3.00. The van der Waals surface area contributed by atoms with E-state index >= 15 is 0 Å². The first kappa shape index (κ1) is 14.3. The molecule has 22 heavy (non-hydrogen) atoms. The van der Waals surface area contributed by atoms with Gasteiger partial charge in [-0.15, -0.1) is 0 Å². The molecule has 3 rings (SSSR count). The molecule has 1 aliphatic rings. The molecule has 0 saturated carbocycles. The summed E-state index contributed by atoms with van der Waals surface area (Å²) in [5.41, 5.74) is 0.240. The van der Waals surface area contributed by atoms with Gasteiger partial charge in [-0.3, -0.25) is 9.59 Å². The molecule has 0 aliphatic carbocycles. The molecule has 3 heterocycles. The largest absolute Gasteiger partial charge is 0.350 e. The lowest BCUT2D eigenvalue weighted by Crippen LogP contribution is -2.49. The summed E-state index contributed by atoms with van der Waals surface area (Å²) in [5.74, 6) is 0.927. The monoisotopic (exact) mass is 302 g/mol. The number of nitrogens with one attached hydrogen (secondary N) is 3. The third-order valence-electron chi connectivity index (χ3n) is 3.69. The predicted octanol–water partition coefficient (Wildman–Crippen LogP) is 0.200. The number of amides is 1. The third-order valence-corrected chi connectivity index (χ3v) is 3.69. The molecule has 0 spiro atoms. The highest BCUT2D eigenvalue weighted by molar-refractivity contribution is 5.92. The standard InChI is InChI=1S/C14H18N6O2/c1-9-17-7-11(18-9)13(21)19-10-3-2-6-20(8-10)12-14(22)16-5-4-15-12/h4-5,7,10H,2-3,6,8H2,1H3,(H,16,22)(H,17,18)(H,19,21). The predicted molar refractivity (Wildman–Crippen MR) is 80.9 cm³/mol. The van der Waals surface area contributed by atoms with Gasteiger partial charge in [0.2, 0.25) is 0 Å². The Labute approximate surface area is 127 Å². The number of H-pyrrole nitrogens is 2. The van der Waals surface area contributed by atoms with Gasteiger partial charge in [-0.2, -0.15) is 0 Å². The Morgan fingerprint density at radius 3 is 3.05 bits per heavy atom. The van der Waals surface area contributed by atoms with E-state index in [4.69, 9.17) is 0 Å². The molecule has 3 N–H and O–H groups in total. The first-order valence-electron chi connectivity index (χ1n) is 7.24. The van der Waals surface area contributed by atoms with Crippen LogP contribution in [0.15, 0.2) is 23.4 Å². The van der Waals surface area contributed by atoms with Crippen molar-refractivity contribution in [2.45, 2.75) is 25.8 Å². The van der Waals surface area contributed by atoms with Gasteiger partial charge in [0.25, 0.3) is 11.5 Å². The van der Waals surface area contributed by atoms with Crippen molar-refractivity contribution in [3.63, 3.8) is 0 Å². The van der Waals surface area contributed by atoms with Gasteiger partial charge in [-0.1, -0.05) is 0 Å². The first-order chi connectivity index (χ1) is 10.6. The van der Waals surface area contributed by atoms with E-state index in [0.29, 0.717) is 23.9 Å². The van der Waals surface area contributed by atoms with Crippen molar-refractivity contribution in [3.05, 3.63) is 40.5 Å². The molecule has 2 aromatic heterocycles. The van der Waals surface area contributed by atoms with Crippen molar-refractivity contribution in [3.8, 4) is 0 Å². The van der Waals surface area contributed by atoms with Crippen molar-refractivity contribution < 1.29 is 4.79 Å². The van der Waals surface area contributed by atoms with Crippen LogP contribution in [0, 0.1) is 6.92 Å². The molecule has 1 saturated heterocycles. The van der Waals surface area contributed by atoms with E-state index in [0.717, 1.165) is 19.4 Å². The number of nitrogens with zero attached hydrogens (tertiary/aromatic N) is 3. The highest BCUT2D eigenvalue weighted by Crippen LogP contribution is 2.14. The van der Waals surface area contributed by atoms with Crippen LogP contribution in [0.2, 0.25) is 0 Å². The second-order valence-corrected chi connectivity index (χ2v) is 5.38. The zero-order valence-corrected chi connectivity index (χ0v) is 12.3. The van der Waals surface area contributed by atoms with Gasteiger partial charge in [-0.25, -0.2) is 9.97 Å². The van der Waals surface area contributed by atoms with E-state index in [1.165, 1.54) is 12.4 Å². The Bertz CT molecular complexity index is 722. The van der Waals surface area contributed by atoms with E-state index in [-0.39, 0.29) is 17.5 Å². The lowest BCUT2D eigenvalue weighted by Gasteiger charge is -2.33. The summed E-state index contributed by atoms with van der Waals surface area (Å²) in [6.07, 6.45) is 6.36. The summed E-state index contributed by atoms with van der Waals surface area (Å²) >= 11 is 0. The molecule has 2 aromatic rings. The Morgan fingerprint density at radius 1 is 1.45 bits per heavy atom. The normalized spacial score (nSPS) is 18.2. The van der Waals surface area contributed by atoms with Crippen molar-refractivity contribution in [2.24, 2.45) is 0 Å². The van der Waals surface area contributed by atoms with E-state index in [1.807, 2.05) is 4.90 Å². The number of aromatic amines is 2. The van der Waals surface area contributed by atoms with E-state index < -0.39 is 0 Å². The van der Waals surface area contributed by atoms with Crippen molar-refractivity contribution in [1.29, 1.82) is 0 Å². The van der Waals surface area contributed by atoms with Gasteiger partial charge < -0.3 is 20.2 Å². The van der Waals surface area contributed by atoms with Gasteiger partial charge in [0, 0.05) is 31.5 Å². The maximum Gasteiger partial charge on any atom is 0.290 e. The van der Waals surface area contributed by atoms with Crippen LogP contribution < -0.4 is 15.8 Å². The van der Waals surface area contributed by atoms with Gasteiger partial charge in [0.15, 0.2) is 5.82 Å². The van der Waals surface area contributed by atoms with Crippen LogP contribution in [0.5, 0.6) is 0 Å². The topological polar surface area (TPSA) is 107 Å². The van der Waals surface area contributed by atoms with Gasteiger partial charge in [0.05, 0.1) is 6.20 Å². The number of anilines is 1. The van der Waals surface area contributed by atoms with Crippen LogP contribution in [0.25, 0.3) is 0 Å².